The number of hydrogen-bond donors (Lipinski definition) is 1. The molecule has 9 heteroatoms. The fourth-order valence-electron chi connectivity index (χ4n) is 1.62. The van der Waals surface area contributed by atoms with Gasteiger partial charge in [0, 0.05) is 11.4 Å². The molecule has 0 spiro atoms. The van der Waals surface area contributed by atoms with E-state index in [-0.39, 0.29) is 11.2 Å². The predicted octanol–water partition coefficient (Wildman–Crippen LogP) is 4.85. The number of nitriles is 1. The number of halogens is 1. The Morgan fingerprint density at radius 2 is 2.20 bits per heavy atom. The number of aromatic nitrogens is 2. The van der Waals surface area contributed by atoms with Crippen LogP contribution in [0.4, 0.5) is 5.69 Å². The summed E-state index contributed by atoms with van der Waals surface area (Å²) in [6.45, 7) is 7.62. The maximum absolute atomic E-state index is 12.3. The monoisotopic (exact) mass is 410 g/mol. The third-order valence-electron chi connectivity index (χ3n) is 2.83. The molecular formula is C16H15ClN4OS3. The minimum absolute atomic E-state index is 0.169. The first kappa shape index (κ1) is 19.8. The van der Waals surface area contributed by atoms with Crippen LogP contribution in [0.1, 0.15) is 19.4 Å². The van der Waals surface area contributed by atoms with E-state index in [9.17, 15) is 4.79 Å². The van der Waals surface area contributed by atoms with E-state index < -0.39 is 0 Å². The van der Waals surface area contributed by atoms with Crippen LogP contribution >= 0.6 is 46.5 Å². The predicted molar refractivity (Wildman–Crippen MR) is 106 cm³/mol. The van der Waals surface area contributed by atoms with Crippen molar-refractivity contribution in [2.24, 2.45) is 0 Å². The fraction of sp³-hybridized carbons (Fsp3) is 0.250. The summed E-state index contributed by atoms with van der Waals surface area (Å²) in [6.07, 6.45) is 0. The van der Waals surface area contributed by atoms with E-state index in [1.165, 1.54) is 23.1 Å². The van der Waals surface area contributed by atoms with Crippen LogP contribution in [0, 0.1) is 11.3 Å². The molecule has 25 heavy (non-hydrogen) atoms. The molecule has 0 fully saturated rings. The van der Waals surface area contributed by atoms with Crippen LogP contribution in [0.2, 0.25) is 5.02 Å². The number of carbonyl (C=O) groups excluding carboxylic acids is 1. The Balaban J connectivity index is 1.93. The molecule has 0 unspecified atom stereocenters. The number of nitrogens with zero attached hydrogens (tertiary/aromatic N) is 3. The Labute approximate surface area is 163 Å². The SMILES string of the molecule is C=C(C)CSc1nnc(S[C@H](C)C(=O)Nc2ccc(C#N)c(Cl)c2)s1. The zero-order valence-electron chi connectivity index (χ0n) is 13.6. The summed E-state index contributed by atoms with van der Waals surface area (Å²) in [7, 11) is 0. The highest BCUT2D eigenvalue weighted by Crippen LogP contribution is 2.32. The lowest BCUT2D eigenvalue weighted by Gasteiger charge is -2.10. The lowest BCUT2D eigenvalue weighted by Crippen LogP contribution is -2.22. The topological polar surface area (TPSA) is 78.7 Å². The van der Waals surface area contributed by atoms with Gasteiger partial charge in [-0.15, -0.1) is 10.2 Å². The van der Waals surface area contributed by atoms with Crippen LogP contribution in [0.15, 0.2) is 39.0 Å². The van der Waals surface area contributed by atoms with Gasteiger partial charge in [-0.2, -0.15) is 5.26 Å². The van der Waals surface area contributed by atoms with Crippen molar-refractivity contribution in [2.75, 3.05) is 11.1 Å². The van der Waals surface area contributed by atoms with Gasteiger partial charge in [-0.1, -0.05) is 58.6 Å². The molecule has 0 aliphatic heterocycles. The highest BCUT2D eigenvalue weighted by Gasteiger charge is 2.18. The zero-order chi connectivity index (χ0) is 18.4. The molecule has 2 rings (SSSR count). The number of carbonyl (C=O) groups is 1. The van der Waals surface area contributed by atoms with Gasteiger partial charge in [0.25, 0.3) is 0 Å². The molecule has 5 nitrogen and oxygen atoms in total. The van der Waals surface area contributed by atoms with Crippen molar-refractivity contribution in [3.05, 3.63) is 40.9 Å². The first-order valence-corrected chi connectivity index (χ1v) is 10.2. The number of nitrogens with one attached hydrogen (secondary N) is 1. The second-order valence-corrected chi connectivity index (χ2v) is 9.33. The number of rotatable bonds is 7. The Morgan fingerprint density at radius 3 is 2.84 bits per heavy atom. The fourth-order valence-corrected chi connectivity index (χ4v) is 4.85. The summed E-state index contributed by atoms with van der Waals surface area (Å²) in [6, 6.07) is 6.77. The van der Waals surface area contributed by atoms with Gasteiger partial charge in [-0.25, -0.2) is 0 Å². The Bertz CT molecular complexity index is 831. The van der Waals surface area contributed by atoms with Gasteiger partial charge in [0.15, 0.2) is 8.68 Å². The lowest BCUT2D eigenvalue weighted by atomic mass is 10.2. The molecular weight excluding hydrogens is 396 g/mol. The largest absolute Gasteiger partial charge is 0.325 e. The molecule has 1 amide bonds. The molecule has 2 aromatic rings. The first-order valence-electron chi connectivity index (χ1n) is 7.17. The molecule has 1 heterocycles. The van der Waals surface area contributed by atoms with Gasteiger partial charge < -0.3 is 5.32 Å². The first-order chi connectivity index (χ1) is 11.9. The summed E-state index contributed by atoms with van der Waals surface area (Å²) >= 11 is 10.4. The van der Waals surface area contributed by atoms with E-state index in [2.05, 4.69) is 22.1 Å². The van der Waals surface area contributed by atoms with Gasteiger partial charge >= 0.3 is 0 Å². The smallest absolute Gasteiger partial charge is 0.237 e. The normalized spacial score (nSPS) is 11.6. The standard InChI is InChI=1S/C16H15ClN4OS3/c1-9(2)8-23-15-20-21-16(25-15)24-10(3)14(22)19-12-5-4-11(7-18)13(17)6-12/h4-6,10H,1,8H2,2-3H3,(H,19,22)/t10-/m1/s1. The molecule has 0 bridgehead atoms. The zero-order valence-corrected chi connectivity index (χ0v) is 16.8. The second-order valence-electron chi connectivity index (χ2n) is 5.14. The van der Waals surface area contributed by atoms with E-state index >= 15 is 0 Å². The minimum atomic E-state index is -0.346. The Kier molecular flexibility index (Phi) is 7.32. The van der Waals surface area contributed by atoms with Crippen molar-refractivity contribution in [2.45, 2.75) is 27.8 Å². The molecule has 1 aromatic carbocycles. The number of amides is 1. The molecule has 0 saturated carbocycles. The molecule has 0 saturated heterocycles. The number of hydrogen-bond acceptors (Lipinski definition) is 7. The van der Waals surface area contributed by atoms with Crippen molar-refractivity contribution < 1.29 is 4.79 Å². The van der Waals surface area contributed by atoms with E-state index in [1.54, 1.807) is 36.9 Å². The number of anilines is 1. The van der Waals surface area contributed by atoms with Crippen molar-refractivity contribution in [1.82, 2.24) is 10.2 Å². The van der Waals surface area contributed by atoms with Crippen LogP contribution < -0.4 is 5.32 Å². The van der Waals surface area contributed by atoms with Crippen molar-refractivity contribution in [1.29, 1.82) is 5.26 Å². The summed E-state index contributed by atoms with van der Waals surface area (Å²) in [5.41, 5.74) is 2.00. The molecule has 0 radical (unpaired) electrons. The average Bonchev–Trinajstić information content (AvgIpc) is 3.00. The Hall–Kier alpha value is -1.53. The van der Waals surface area contributed by atoms with Gasteiger partial charge in [-0.3, -0.25) is 4.79 Å². The summed E-state index contributed by atoms with van der Waals surface area (Å²) in [5.74, 6) is 0.631. The summed E-state index contributed by atoms with van der Waals surface area (Å²) < 4.78 is 1.60. The van der Waals surface area contributed by atoms with Crippen LogP contribution in [-0.4, -0.2) is 27.1 Å². The third kappa shape index (κ3) is 6.04. The van der Waals surface area contributed by atoms with E-state index in [4.69, 9.17) is 16.9 Å². The van der Waals surface area contributed by atoms with Gasteiger partial charge in [0.1, 0.15) is 6.07 Å². The molecule has 1 N–H and O–H groups in total. The summed E-state index contributed by atoms with van der Waals surface area (Å²) in [4.78, 5) is 12.3. The van der Waals surface area contributed by atoms with Gasteiger partial charge in [0.05, 0.1) is 15.8 Å². The van der Waals surface area contributed by atoms with Crippen LogP contribution in [0.25, 0.3) is 0 Å². The second kappa shape index (κ2) is 9.25. The molecule has 130 valence electrons. The number of thioether (sulfide) groups is 2. The van der Waals surface area contributed by atoms with Crippen LogP contribution in [0.5, 0.6) is 0 Å². The van der Waals surface area contributed by atoms with Crippen molar-refractivity contribution >= 4 is 58.1 Å². The van der Waals surface area contributed by atoms with Crippen LogP contribution in [-0.2, 0) is 4.79 Å². The molecule has 1 atom stereocenters. The minimum Gasteiger partial charge on any atom is -0.325 e. The van der Waals surface area contributed by atoms with Crippen molar-refractivity contribution in [3.63, 3.8) is 0 Å². The van der Waals surface area contributed by atoms with E-state index in [0.717, 1.165) is 20.0 Å². The maximum Gasteiger partial charge on any atom is 0.237 e. The van der Waals surface area contributed by atoms with E-state index in [1.807, 2.05) is 13.0 Å². The van der Waals surface area contributed by atoms with Gasteiger partial charge in [0.2, 0.25) is 5.91 Å². The maximum atomic E-state index is 12.3. The van der Waals surface area contributed by atoms with E-state index in [0.29, 0.717) is 16.3 Å². The number of benzene rings is 1. The quantitative estimate of drug-likeness (QED) is 0.519. The Morgan fingerprint density at radius 1 is 1.48 bits per heavy atom. The lowest BCUT2D eigenvalue weighted by molar-refractivity contribution is -0.115. The molecule has 0 aliphatic carbocycles. The summed E-state index contributed by atoms with van der Waals surface area (Å²) in [5, 5.41) is 19.8. The molecule has 0 aliphatic rings. The average molecular weight is 411 g/mol. The highest BCUT2D eigenvalue weighted by atomic mass is 35.5. The van der Waals surface area contributed by atoms with Crippen LogP contribution in [0.3, 0.4) is 0 Å². The third-order valence-corrected chi connectivity index (χ3v) is 6.62. The molecule has 1 aromatic heterocycles. The highest BCUT2D eigenvalue weighted by molar-refractivity contribution is 8.04. The van der Waals surface area contributed by atoms with Crippen molar-refractivity contribution in [3.8, 4) is 6.07 Å². The van der Waals surface area contributed by atoms with Gasteiger partial charge in [-0.05, 0) is 32.0 Å².